The highest BCUT2D eigenvalue weighted by Crippen LogP contribution is 2.26. The van der Waals surface area contributed by atoms with Crippen molar-refractivity contribution in [1.82, 2.24) is 0 Å². The Kier molecular flexibility index (Phi) is 14.4. The van der Waals surface area contributed by atoms with Crippen LogP contribution in [0, 0.1) is 0 Å². The van der Waals surface area contributed by atoms with Crippen LogP contribution in [-0.2, 0) is 0 Å². The minimum Gasteiger partial charge on any atom is -0.0776 e. The van der Waals surface area contributed by atoms with Crippen LogP contribution in [0.25, 0.3) is 0 Å². The minimum atomic E-state index is 0. The predicted octanol–water partition coefficient (Wildman–Crippen LogP) is 6.92. The van der Waals surface area contributed by atoms with E-state index in [9.17, 15) is 0 Å². The van der Waals surface area contributed by atoms with Crippen molar-refractivity contribution in [3.63, 3.8) is 0 Å². The first-order valence-corrected chi connectivity index (χ1v) is 7.51. The van der Waals surface area contributed by atoms with Crippen molar-refractivity contribution in [2.45, 2.75) is 54.4 Å². The van der Waals surface area contributed by atoms with Crippen molar-refractivity contribution < 1.29 is 0 Å². The van der Waals surface area contributed by atoms with E-state index in [-0.39, 0.29) is 7.43 Å². The Morgan fingerprint density at radius 2 is 0.950 bits per heavy atom. The van der Waals surface area contributed by atoms with Gasteiger partial charge >= 0.3 is 0 Å². The summed E-state index contributed by atoms with van der Waals surface area (Å²) in [6.07, 6.45) is 1.15. The van der Waals surface area contributed by atoms with Gasteiger partial charge in [0, 0.05) is 5.92 Å². The summed E-state index contributed by atoms with van der Waals surface area (Å²) in [5, 5.41) is 0. The molecule has 20 heavy (non-hydrogen) atoms. The Hall–Kier alpha value is -1.56. The zero-order valence-corrected chi connectivity index (χ0v) is 13.1. The Morgan fingerprint density at radius 1 is 0.650 bits per heavy atom. The van der Waals surface area contributed by atoms with Gasteiger partial charge in [-0.2, -0.15) is 0 Å². The number of benzene rings is 2. The molecule has 0 spiro atoms. The van der Waals surface area contributed by atoms with Gasteiger partial charge in [-0.25, -0.2) is 0 Å². The van der Waals surface area contributed by atoms with Crippen LogP contribution in [0.4, 0.5) is 0 Å². The molecule has 2 aromatic carbocycles. The van der Waals surface area contributed by atoms with E-state index in [1.54, 1.807) is 0 Å². The first kappa shape index (κ1) is 20.8. The lowest BCUT2D eigenvalue weighted by molar-refractivity contribution is 0.777. The summed E-state index contributed by atoms with van der Waals surface area (Å²) >= 11 is 0. The molecule has 0 aliphatic rings. The maximum atomic E-state index is 2.24. The largest absolute Gasteiger partial charge is 0.0776 e. The molecule has 2 rings (SSSR count). The first-order valence-electron chi connectivity index (χ1n) is 7.51. The molecule has 0 amide bonds. The van der Waals surface area contributed by atoms with Gasteiger partial charge in [-0.15, -0.1) is 0 Å². The summed E-state index contributed by atoms with van der Waals surface area (Å²) in [6, 6.07) is 21.4. The number of rotatable bonds is 3. The second-order valence-corrected chi connectivity index (χ2v) is 3.78. The molecule has 2 aromatic rings. The Morgan fingerprint density at radius 3 is 1.20 bits per heavy atom. The summed E-state index contributed by atoms with van der Waals surface area (Å²) in [5.74, 6) is 0.535. The van der Waals surface area contributed by atoms with Crippen LogP contribution in [0.15, 0.2) is 60.7 Å². The molecule has 0 atom stereocenters. The van der Waals surface area contributed by atoms with Crippen molar-refractivity contribution in [2.24, 2.45) is 0 Å². The monoisotopic (exact) mass is 272 g/mol. The summed E-state index contributed by atoms with van der Waals surface area (Å²) in [5.41, 5.74) is 2.82. The fourth-order valence-corrected chi connectivity index (χ4v) is 2.03. The van der Waals surface area contributed by atoms with E-state index >= 15 is 0 Å². The van der Waals surface area contributed by atoms with Gasteiger partial charge in [-0.1, -0.05) is 103 Å². The topological polar surface area (TPSA) is 0 Å². The quantitative estimate of drug-likeness (QED) is 0.569. The molecule has 112 valence electrons. The van der Waals surface area contributed by atoms with Crippen molar-refractivity contribution >= 4 is 0 Å². The molecule has 0 heteroatoms. The molecule has 0 bridgehead atoms. The van der Waals surface area contributed by atoms with Crippen molar-refractivity contribution in [1.29, 1.82) is 0 Å². The molecule has 0 heterocycles. The van der Waals surface area contributed by atoms with Crippen LogP contribution in [0.2, 0.25) is 0 Å². The maximum Gasteiger partial charge on any atom is 0.00867 e. The van der Waals surface area contributed by atoms with E-state index in [0.717, 1.165) is 6.42 Å². The fourth-order valence-electron chi connectivity index (χ4n) is 2.03. The summed E-state index contributed by atoms with van der Waals surface area (Å²) in [4.78, 5) is 0. The lowest BCUT2D eigenvalue weighted by Gasteiger charge is -2.15. The SMILES string of the molecule is C.CC.CC.CCC(c1ccccc1)c1ccccc1. The molecule has 0 unspecified atom stereocenters. The average Bonchev–Trinajstić information content (AvgIpc) is 2.54. The van der Waals surface area contributed by atoms with Gasteiger partial charge < -0.3 is 0 Å². The van der Waals surface area contributed by atoms with Crippen LogP contribution in [0.5, 0.6) is 0 Å². The number of hydrogen-bond acceptors (Lipinski definition) is 0. The van der Waals surface area contributed by atoms with Crippen molar-refractivity contribution in [3.8, 4) is 0 Å². The molecule has 0 nitrogen and oxygen atoms in total. The van der Waals surface area contributed by atoms with E-state index in [2.05, 4.69) is 67.6 Å². The predicted molar refractivity (Wildman–Crippen MR) is 94.4 cm³/mol. The van der Waals surface area contributed by atoms with Crippen molar-refractivity contribution in [2.75, 3.05) is 0 Å². The second-order valence-electron chi connectivity index (χ2n) is 3.78. The van der Waals surface area contributed by atoms with Crippen LogP contribution < -0.4 is 0 Å². The Balaban J connectivity index is 0. The van der Waals surface area contributed by atoms with E-state index in [1.165, 1.54) is 11.1 Å². The minimum absolute atomic E-state index is 0. The third kappa shape index (κ3) is 6.56. The standard InChI is InChI=1S/C15H16.2C2H6.CH4/c1-2-15(13-9-5-3-6-10-13)14-11-7-4-8-12-14;2*1-2;/h3-12,15H,2H2,1H3;2*1-2H3;1H4. The van der Waals surface area contributed by atoms with Gasteiger partial charge in [-0.3, -0.25) is 0 Å². The zero-order chi connectivity index (χ0) is 14.5. The molecule has 0 N–H and O–H groups in total. The molecular formula is C20H32. The molecule has 0 aliphatic heterocycles. The molecule has 0 fully saturated rings. The van der Waals surface area contributed by atoms with Gasteiger partial charge in [0.15, 0.2) is 0 Å². The fraction of sp³-hybridized carbons (Fsp3) is 0.400. The van der Waals surface area contributed by atoms with E-state index in [4.69, 9.17) is 0 Å². The summed E-state index contributed by atoms with van der Waals surface area (Å²) in [6.45, 7) is 10.2. The van der Waals surface area contributed by atoms with Crippen molar-refractivity contribution in [3.05, 3.63) is 71.8 Å². The third-order valence-electron chi connectivity index (χ3n) is 2.81. The molecule has 0 saturated heterocycles. The van der Waals surface area contributed by atoms with E-state index < -0.39 is 0 Å². The van der Waals surface area contributed by atoms with Gasteiger partial charge in [0.25, 0.3) is 0 Å². The zero-order valence-electron chi connectivity index (χ0n) is 13.1. The lowest BCUT2D eigenvalue weighted by atomic mass is 9.89. The second kappa shape index (κ2) is 13.9. The van der Waals surface area contributed by atoms with Gasteiger partial charge in [-0.05, 0) is 17.5 Å². The molecule has 0 aromatic heterocycles. The summed E-state index contributed by atoms with van der Waals surface area (Å²) in [7, 11) is 0. The molecule has 0 aliphatic carbocycles. The lowest BCUT2D eigenvalue weighted by Crippen LogP contribution is -1.98. The highest BCUT2D eigenvalue weighted by molar-refractivity contribution is 5.31. The van der Waals surface area contributed by atoms with Crippen LogP contribution >= 0.6 is 0 Å². The van der Waals surface area contributed by atoms with E-state index in [1.807, 2.05) is 27.7 Å². The van der Waals surface area contributed by atoms with E-state index in [0.29, 0.717) is 5.92 Å². The molecular weight excluding hydrogens is 240 g/mol. The third-order valence-corrected chi connectivity index (χ3v) is 2.81. The first-order chi connectivity index (χ1) is 9.42. The Labute approximate surface area is 126 Å². The van der Waals surface area contributed by atoms with Gasteiger partial charge in [0.2, 0.25) is 0 Å². The van der Waals surface area contributed by atoms with Crippen LogP contribution in [0.3, 0.4) is 0 Å². The normalized spacial score (nSPS) is 8.50. The number of hydrogen-bond donors (Lipinski definition) is 0. The van der Waals surface area contributed by atoms with Gasteiger partial charge in [0.05, 0.1) is 0 Å². The van der Waals surface area contributed by atoms with Crippen LogP contribution in [0.1, 0.15) is 65.5 Å². The van der Waals surface area contributed by atoms with Crippen LogP contribution in [-0.4, -0.2) is 0 Å². The highest BCUT2D eigenvalue weighted by Gasteiger charge is 2.10. The van der Waals surface area contributed by atoms with Gasteiger partial charge in [0.1, 0.15) is 0 Å². The Bertz CT molecular complexity index is 349. The maximum absolute atomic E-state index is 2.24. The summed E-state index contributed by atoms with van der Waals surface area (Å²) < 4.78 is 0. The highest BCUT2D eigenvalue weighted by atomic mass is 14.1. The molecule has 0 radical (unpaired) electrons. The average molecular weight is 272 g/mol. The molecule has 0 saturated carbocycles. The smallest absolute Gasteiger partial charge is 0.00867 e.